The Balaban J connectivity index is 2.80. The van der Waals surface area contributed by atoms with Gasteiger partial charge in [-0.3, -0.25) is 0 Å². The molecule has 0 aliphatic rings. The van der Waals surface area contributed by atoms with Gasteiger partial charge in [0, 0.05) is 0 Å². The third-order valence-electron chi connectivity index (χ3n) is 1.92. The van der Waals surface area contributed by atoms with E-state index in [4.69, 9.17) is 9.84 Å². The maximum Gasteiger partial charge on any atom is 0.151 e. The lowest BCUT2D eigenvalue weighted by Gasteiger charge is -2.12. The number of aldehydes is 1. The molecule has 0 heterocycles. The number of hydrogen-bond acceptors (Lipinski definition) is 4. The summed E-state index contributed by atoms with van der Waals surface area (Å²) in [6, 6.07) is 6.48. The van der Waals surface area contributed by atoms with Crippen LogP contribution in [0.4, 0.5) is 0 Å². The van der Waals surface area contributed by atoms with Gasteiger partial charge in [0.25, 0.3) is 0 Å². The van der Waals surface area contributed by atoms with Crippen molar-refractivity contribution < 1.29 is 19.7 Å². The Morgan fingerprint density at radius 1 is 1.29 bits per heavy atom. The Kier molecular flexibility index (Phi) is 3.62. The molecule has 0 bridgehead atoms. The largest absolute Gasteiger partial charge is 0.497 e. The molecule has 76 valence electrons. The first-order valence-corrected chi connectivity index (χ1v) is 4.14. The lowest BCUT2D eigenvalue weighted by atomic mass is 10.1. The summed E-state index contributed by atoms with van der Waals surface area (Å²) in [5, 5.41) is 18.5. The summed E-state index contributed by atoms with van der Waals surface area (Å²) in [5.41, 5.74) is 0.477. The van der Waals surface area contributed by atoms with Gasteiger partial charge >= 0.3 is 0 Å². The molecule has 4 heteroatoms. The first-order chi connectivity index (χ1) is 6.69. The van der Waals surface area contributed by atoms with Crippen LogP contribution in [0.15, 0.2) is 24.3 Å². The summed E-state index contributed by atoms with van der Waals surface area (Å²) in [6.07, 6.45) is -2.27. The Morgan fingerprint density at radius 3 is 2.29 bits per heavy atom. The van der Waals surface area contributed by atoms with E-state index in [1.165, 1.54) is 7.11 Å². The van der Waals surface area contributed by atoms with Gasteiger partial charge in [0.05, 0.1) is 7.11 Å². The molecule has 0 amide bonds. The topological polar surface area (TPSA) is 66.8 Å². The summed E-state index contributed by atoms with van der Waals surface area (Å²) in [4.78, 5) is 10.2. The molecule has 2 N–H and O–H groups in total. The second-order valence-electron chi connectivity index (χ2n) is 2.84. The molecule has 0 unspecified atom stereocenters. The van der Waals surface area contributed by atoms with Crippen molar-refractivity contribution in [2.75, 3.05) is 7.11 Å². The van der Waals surface area contributed by atoms with Crippen LogP contribution < -0.4 is 4.74 Å². The van der Waals surface area contributed by atoms with Gasteiger partial charge in [-0.1, -0.05) is 12.1 Å². The van der Waals surface area contributed by atoms with Crippen molar-refractivity contribution in [2.24, 2.45) is 0 Å². The minimum atomic E-state index is -1.39. The van der Waals surface area contributed by atoms with E-state index in [9.17, 15) is 9.90 Å². The first-order valence-electron chi connectivity index (χ1n) is 4.14. The summed E-state index contributed by atoms with van der Waals surface area (Å²) in [6.45, 7) is 0. The summed E-state index contributed by atoms with van der Waals surface area (Å²) in [5.74, 6) is 0.654. The summed E-state index contributed by atoms with van der Waals surface area (Å²) < 4.78 is 4.92. The standard InChI is InChI=1S/C10H12O4/c1-14-8-4-2-7(3-5-8)10(13)9(12)6-11/h2-6,9-10,12-13H,1H3/t9-,10-/m0/s1. The van der Waals surface area contributed by atoms with Gasteiger partial charge in [0.2, 0.25) is 0 Å². The Bertz CT molecular complexity index is 293. The lowest BCUT2D eigenvalue weighted by molar-refractivity contribution is -0.120. The van der Waals surface area contributed by atoms with E-state index in [-0.39, 0.29) is 0 Å². The van der Waals surface area contributed by atoms with Gasteiger partial charge in [0.15, 0.2) is 6.29 Å². The predicted molar refractivity (Wildman–Crippen MR) is 50.0 cm³/mol. The number of hydrogen-bond donors (Lipinski definition) is 2. The van der Waals surface area contributed by atoms with Crippen LogP contribution in [0.25, 0.3) is 0 Å². The maximum absolute atomic E-state index is 10.2. The van der Waals surface area contributed by atoms with Crippen LogP contribution in [0.1, 0.15) is 11.7 Å². The molecule has 0 fully saturated rings. The van der Waals surface area contributed by atoms with E-state index in [2.05, 4.69) is 0 Å². The molecule has 0 spiro atoms. The fraction of sp³-hybridized carbons (Fsp3) is 0.300. The van der Waals surface area contributed by atoms with Crippen molar-refractivity contribution in [1.29, 1.82) is 0 Å². The highest BCUT2D eigenvalue weighted by molar-refractivity contribution is 5.57. The molecule has 0 aliphatic heterocycles. The van der Waals surface area contributed by atoms with Gasteiger partial charge in [-0.2, -0.15) is 0 Å². The molecule has 0 saturated carbocycles. The summed E-state index contributed by atoms with van der Waals surface area (Å²) >= 11 is 0. The molecular formula is C10H12O4. The Morgan fingerprint density at radius 2 is 1.86 bits per heavy atom. The zero-order chi connectivity index (χ0) is 10.6. The average Bonchev–Trinajstić information content (AvgIpc) is 2.27. The quantitative estimate of drug-likeness (QED) is 0.679. The maximum atomic E-state index is 10.2. The highest BCUT2D eigenvalue weighted by Crippen LogP contribution is 2.19. The number of aliphatic hydroxyl groups is 2. The van der Waals surface area contributed by atoms with Crippen molar-refractivity contribution >= 4 is 6.29 Å². The van der Waals surface area contributed by atoms with Crippen molar-refractivity contribution in [3.63, 3.8) is 0 Å². The molecule has 2 atom stereocenters. The Hall–Kier alpha value is -1.39. The van der Waals surface area contributed by atoms with Gasteiger partial charge in [-0.05, 0) is 17.7 Å². The van der Waals surface area contributed by atoms with E-state index in [0.717, 1.165) is 0 Å². The minimum Gasteiger partial charge on any atom is -0.497 e. The van der Waals surface area contributed by atoms with Gasteiger partial charge in [0.1, 0.15) is 18.0 Å². The molecule has 4 nitrogen and oxygen atoms in total. The smallest absolute Gasteiger partial charge is 0.151 e. The van der Waals surface area contributed by atoms with Crippen LogP contribution >= 0.6 is 0 Å². The fourth-order valence-electron chi connectivity index (χ4n) is 1.07. The monoisotopic (exact) mass is 196 g/mol. The van der Waals surface area contributed by atoms with Crippen LogP contribution in [-0.4, -0.2) is 29.7 Å². The second kappa shape index (κ2) is 4.74. The lowest BCUT2D eigenvalue weighted by Crippen LogP contribution is -2.19. The second-order valence-corrected chi connectivity index (χ2v) is 2.84. The summed E-state index contributed by atoms with van der Waals surface area (Å²) in [7, 11) is 1.53. The fourth-order valence-corrected chi connectivity index (χ4v) is 1.07. The molecular weight excluding hydrogens is 184 g/mol. The van der Waals surface area contributed by atoms with E-state index in [1.807, 2.05) is 0 Å². The molecule has 0 saturated heterocycles. The van der Waals surface area contributed by atoms with E-state index in [1.54, 1.807) is 24.3 Å². The number of aliphatic hydroxyl groups excluding tert-OH is 2. The van der Waals surface area contributed by atoms with Crippen LogP contribution in [0, 0.1) is 0 Å². The molecule has 1 aromatic carbocycles. The zero-order valence-corrected chi connectivity index (χ0v) is 7.75. The number of benzene rings is 1. The SMILES string of the molecule is COc1ccc([C@H](O)[C@@H](O)C=O)cc1. The number of carbonyl (C=O) groups excluding carboxylic acids is 1. The molecule has 1 rings (SSSR count). The highest BCUT2D eigenvalue weighted by Gasteiger charge is 2.16. The molecule has 0 aliphatic carbocycles. The van der Waals surface area contributed by atoms with Crippen molar-refractivity contribution in [3.8, 4) is 5.75 Å². The molecule has 14 heavy (non-hydrogen) atoms. The number of ether oxygens (including phenoxy) is 1. The van der Waals surface area contributed by atoms with Gasteiger partial charge < -0.3 is 19.7 Å². The van der Waals surface area contributed by atoms with Crippen molar-refractivity contribution in [1.82, 2.24) is 0 Å². The normalized spacial score (nSPS) is 14.5. The Labute approximate surface area is 81.8 Å². The van der Waals surface area contributed by atoms with E-state index >= 15 is 0 Å². The molecule has 0 aromatic heterocycles. The van der Waals surface area contributed by atoms with Crippen LogP contribution in [-0.2, 0) is 4.79 Å². The van der Waals surface area contributed by atoms with Crippen molar-refractivity contribution in [3.05, 3.63) is 29.8 Å². The van der Waals surface area contributed by atoms with Crippen LogP contribution in [0.2, 0.25) is 0 Å². The minimum absolute atomic E-state index is 0.300. The number of carbonyl (C=O) groups is 1. The number of methoxy groups -OCH3 is 1. The highest BCUT2D eigenvalue weighted by atomic mass is 16.5. The first kappa shape index (κ1) is 10.7. The van der Waals surface area contributed by atoms with Gasteiger partial charge in [-0.25, -0.2) is 0 Å². The molecule has 1 aromatic rings. The third-order valence-corrected chi connectivity index (χ3v) is 1.92. The van der Waals surface area contributed by atoms with Gasteiger partial charge in [-0.15, -0.1) is 0 Å². The number of rotatable bonds is 4. The molecule has 0 radical (unpaired) electrons. The zero-order valence-electron chi connectivity index (χ0n) is 7.75. The van der Waals surface area contributed by atoms with Crippen LogP contribution in [0.5, 0.6) is 5.75 Å². The van der Waals surface area contributed by atoms with E-state index in [0.29, 0.717) is 17.6 Å². The van der Waals surface area contributed by atoms with E-state index < -0.39 is 12.2 Å². The average molecular weight is 196 g/mol. The third kappa shape index (κ3) is 2.31. The predicted octanol–water partition coefficient (Wildman–Crippen LogP) is 0.288. The van der Waals surface area contributed by atoms with Crippen LogP contribution in [0.3, 0.4) is 0 Å². The van der Waals surface area contributed by atoms with Crippen molar-refractivity contribution in [2.45, 2.75) is 12.2 Å².